The van der Waals surface area contributed by atoms with Crippen molar-refractivity contribution in [2.45, 2.75) is 64.5 Å². The predicted molar refractivity (Wildman–Crippen MR) is 220 cm³/mol. The van der Waals surface area contributed by atoms with Crippen LogP contribution in [0, 0.1) is 5.92 Å². The van der Waals surface area contributed by atoms with E-state index < -0.39 is 5.60 Å². The molecule has 288 valence electrons. The number of benzene rings is 4. The molecule has 0 saturated carbocycles. The molecule has 54 heavy (non-hydrogen) atoms. The zero-order valence-electron chi connectivity index (χ0n) is 31.8. The lowest BCUT2D eigenvalue weighted by atomic mass is 9.95. The van der Waals surface area contributed by atoms with Crippen LogP contribution < -0.4 is 25.8 Å². The second kappa shape index (κ2) is 24.0. The van der Waals surface area contributed by atoms with Gasteiger partial charge in [0.25, 0.3) is 0 Å². The first-order chi connectivity index (χ1) is 25.4. The number of amides is 2. The lowest BCUT2D eigenvalue weighted by molar-refractivity contribution is -0.155. The molecule has 4 rings (SSSR count). The fourth-order valence-electron chi connectivity index (χ4n) is 5.09. The van der Waals surface area contributed by atoms with Gasteiger partial charge in [-0.2, -0.15) is 0 Å². The van der Waals surface area contributed by atoms with Gasteiger partial charge in [-0.15, -0.1) is 12.4 Å². The van der Waals surface area contributed by atoms with Crippen LogP contribution in [0.2, 0.25) is 0 Å². The summed E-state index contributed by atoms with van der Waals surface area (Å²) in [6, 6.07) is 34.4. The number of aryl methyl sites for hydroxylation is 2. The number of allylic oxidation sites excluding steroid dienone is 1. The van der Waals surface area contributed by atoms with Crippen molar-refractivity contribution in [3.05, 3.63) is 145 Å². The maximum Gasteiger partial charge on any atom is 0.306 e. The fraction of sp³-hybridized carbons (Fsp3) is 0.295. The van der Waals surface area contributed by atoms with E-state index in [0.29, 0.717) is 5.69 Å². The van der Waals surface area contributed by atoms with Gasteiger partial charge in [-0.3, -0.25) is 14.4 Å². The molecule has 0 aliphatic rings. The number of nitrogens with one attached hydrogen (secondary N) is 2. The van der Waals surface area contributed by atoms with Gasteiger partial charge < -0.3 is 30.6 Å². The third-order valence-electron chi connectivity index (χ3n) is 7.83. The van der Waals surface area contributed by atoms with Gasteiger partial charge in [-0.1, -0.05) is 72.8 Å². The van der Waals surface area contributed by atoms with Gasteiger partial charge >= 0.3 is 5.97 Å². The summed E-state index contributed by atoms with van der Waals surface area (Å²) in [6.07, 6.45) is 10.0. The van der Waals surface area contributed by atoms with Crippen LogP contribution in [-0.2, 0) is 32.0 Å². The van der Waals surface area contributed by atoms with Crippen LogP contribution in [0.15, 0.2) is 133 Å². The van der Waals surface area contributed by atoms with Crippen molar-refractivity contribution in [3.63, 3.8) is 0 Å². The standard InChI is InChI=1S/C25H31NO4.C19H22N2O2.ClH/c1-25(2,3)30-24(28)18-20(11-10-19-8-6-5-7-9-19)12-17-23(27)26-21-13-15-22(29-4)16-14-21;1-23-18-12-10-17(11-13-18)21-19(22)14-9-16(20)8-7-15-5-3-2-4-6-15;/h5-9,12-17,20H,10-11,18H2,1-4H3,(H,26,27);2-6,9-14,16H,7-8,20H2,1H3,(H,21,22);1H/b17-12+;14-9+;/t20-;16-;/m00./s1. The van der Waals surface area contributed by atoms with Gasteiger partial charge in [0.15, 0.2) is 0 Å². The normalized spacial score (nSPS) is 12.0. The Balaban J connectivity index is 0.000000379. The Morgan fingerprint density at radius 2 is 1.07 bits per heavy atom. The number of ether oxygens (including phenoxy) is 3. The molecular weight excluding hydrogens is 702 g/mol. The van der Waals surface area contributed by atoms with E-state index in [9.17, 15) is 14.4 Å². The molecule has 0 saturated heterocycles. The molecule has 0 radical (unpaired) electrons. The van der Waals surface area contributed by atoms with Gasteiger partial charge in [0.2, 0.25) is 11.8 Å². The fourth-order valence-corrected chi connectivity index (χ4v) is 5.09. The Morgan fingerprint density at radius 1 is 0.648 bits per heavy atom. The Bertz CT molecular complexity index is 1740. The number of anilines is 2. The van der Waals surface area contributed by atoms with Crippen LogP contribution in [0.1, 0.15) is 51.2 Å². The number of rotatable bonds is 16. The average Bonchev–Trinajstić information content (AvgIpc) is 3.15. The summed E-state index contributed by atoms with van der Waals surface area (Å²) in [5.74, 6) is 0.685. The van der Waals surface area contributed by atoms with Crippen molar-refractivity contribution in [2.75, 3.05) is 24.9 Å². The van der Waals surface area contributed by atoms with Crippen LogP contribution in [-0.4, -0.2) is 43.6 Å². The number of nitrogens with two attached hydrogens (primary N) is 1. The van der Waals surface area contributed by atoms with Crippen molar-refractivity contribution in [2.24, 2.45) is 11.7 Å². The van der Waals surface area contributed by atoms with Crippen molar-refractivity contribution in [1.82, 2.24) is 0 Å². The summed E-state index contributed by atoms with van der Waals surface area (Å²) >= 11 is 0. The molecule has 9 nitrogen and oxygen atoms in total. The van der Waals surface area contributed by atoms with E-state index in [1.54, 1.807) is 74.9 Å². The third kappa shape index (κ3) is 18.9. The van der Waals surface area contributed by atoms with Gasteiger partial charge in [-0.25, -0.2) is 0 Å². The average molecular weight is 756 g/mol. The van der Waals surface area contributed by atoms with E-state index in [1.807, 2.05) is 57.2 Å². The van der Waals surface area contributed by atoms with Gasteiger partial charge in [0.05, 0.1) is 20.6 Å². The third-order valence-corrected chi connectivity index (χ3v) is 7.83. The highest BCUT2D eigenvalue weighted by molar-refractivity contribution is 5.99. The molecule has 0 bridgehead atoms. The Labute approximate surface area is 326 Å². The molecule has 0 unspecified atom stereocenters. The number of hydrogen-bond acceptors (Lipinski definition) is 7. The van der Waals surface area contributed by atoms with E-state index in [1.165, 1.54) is 23.3 Å². The second-order valence-corrected chi connectivity index (χ2v) is 13.4. The molecule has 4 aromatic rings. The molecular formula is C44H54ClN3O6. The molecule has 2 amide bonds. The molecule has 0 fully saturated rings. The summed E-state index contributed by atoms with van der Waals surface area (Å²) < 4.78 is 15.6. The van der Waals surface area contributed by atoms with Crippen molar-refractivity contribution in [3.8, 4) is 11.5 Å². The van der Waals surface area contributed by atoms with E-state index >= 15 is 0 Å². The van der Waals surface area contributed by atoms with Crippen LogP contribution in [0.3, 0.4) is 0 Å². The molecule has 0 aliphatic carbocycles. The quantitative estimate of drug-likeness (QED) is 0.0771. The highest BCUT2D eigenvalue weighted by Gasteiger charge is 2.19. The lowest BCUT2D eigenvalue weighted by Crippen LogP contribution is -2.25. The van der Waals surface area contributed by atoms with Crippen LogP contribution in [0.5, 0.6) is 11.5 Å². The first kappa shape index (κ1) is 44.8. The molecule has 0 heterocycles. The monoisotopic (exact) mass is 755 g/mol. The summed E-state index contributed by atoms with van der Waals surface area (Å²) in [5, 5.41) is 5.60. The van der Waals surface area contributed by atoms with Crippen molar-refractivity contribution < 1.29 is 28.6 Å². The van der Waals surface area contributed by atoms with Crippen molar-refractivity contribution >= 4 is 41.6 Å². The number of carbonyl (C=O) groups excluding carboxylic acids is 3. The van der Waals surface area contributed by atoms with E-state index in [0.717, 1.165) is 42.9 Å². The molecule has 0 spiro atoms. The Morgan fingerprint density at radius 3 is 1.50 bits per heavy atom. The Kier molecular flexibility index (Phi) is 19.9. The van der Waals surface area contributed by atoms with Gasteiger partial charge in [0.1, 0.15) is 17.1 Å². The predicted octanol–water partition coefficient (Wildman–Crippen LogP) is 8.74. The molecule has 10 heteroatoms. The van der Waals surface area contributed by atoms with Crippen LogP contribution >= 0.6 is 12.4 Å². The largest absolute Gasteiger partial charge is 0.497 e. The zero-order chi connectivity index (χ0) is 38.5. The van der Waals surface area contributed by atoms with Gasteiger partial charge in [0, 0.05) is 23.5 Å². The summed E-state index contributed by atoms with van der Waals surface area (Å²) in [7, 11) is 3.20. The molecule has 4 N–H and O–H groups in total. The molecule has 0 aliphatic heterocycles. The topological polar surface area (TPSA) is 129 Å². The van der Waals surface area contributed by atoms with Crippen molar-refractivity contribution in [1.29, 1.82) is 0 Å². The maximum absolute atomic E-state index is 12.3. The van der Waals surface area contributed by atoms with E-state index in [2.05, 4.69) is 34.9 Å². The van der Waals surface area contributed by atoms with Gasteiger partial charge in [-0.05, 0) is 118 Å². The highest BCUT2D eigenvalue weighted by Crippen LogP contribution is 2.20. The first-order valence-electron chi connectivity index (χ1n) is 17.7. The number of carbonyl (C=O) groups is 3. The minimum Gasteiger partial charge on any atom is -0.497 e. The first-order valence-corrected chi connectivity index (χ1v) is 17.7. The minimum absolute atomic E-state index is 0. The summed E-state index contributed by atoms with van der Waals surface area (Å²) in [5.41, 5.74) is 9.33. The highest BCUT2D eigenvalue weighted by atomic mass is 35.5. The maximum atomic E-state index is 12.3. The number of esters is 1. The number of hydrogen-bond donors (Lipinski definition) is 3. The van der Waals surface area contributed by atoms with Crippen LogP contribution in [0.25, 0.3) is 0 Å². The number of methoxy groups -OCH3 is 2. The smallest absolute Gasteiger partial charge is 0.306 e. The summed E-state index contributed by atoms with van der Waals surface area (Å²) in [4.78, 5) is 36.5. The molecule has 0 aromatic heterocycles. The second-order valence-electron chi connectivity index (χ2n) is 13.4. The van der Waals surface area contributed by atoms with E-state index in [4.69, 9.17) is 19.9 Å². The minimum atomic E-state index is -0.531. The zero-order valence-corrected chi connectivity index (χ0v) is 32.6. The van der Waals surface area contributed by atoms with Crippen LogP contribution in [0.4, 0.5) is 11.4 Å². The Hall–Kier alpha value is -5.38. The van der Waals surface area contributed by atoms with E-state index in [-0.39, 0.29) is 48.6 Å². The SMILES string of the molecule is COc1ccc(NC(=O)/C=C/[C@@H](N)CCc2ccccc2)cc1.COc1ccc(NC(=O)/C=C/[C@H](CCc2ccccc2)CC(=O)OC(C)(C)C)cc1.Cl. The number of halogens is 1. The summed E-state index contributed by atoms with van der Waals surface area (Å²) in [6.45, 7) is 5.55. The molecule has 2 atom stereocenters. The molecule has 4 aromatic carbocycles. The lowest BCUT2D eigenvalue weighted by Gasteiger charge is -2.21.